The summed E-state index contributed by atoms with van der Waals surface area (Å²) in [6, 6.07) is 4.15. The molecule has 0 unspecified atom stereocenters. The van der Waals surface area contributed by atoms with Crippen LogP contribution in [0.2, 0.25) is 0 Å². The minimum Gasteiger partial charge on any atom is -0.337 e. The number of nitrogens with zero attached hydrogens (tertiary/aromatic N) is 6. The summed E-state index contributed by atoms with van der Waals surface area (Å²) in [5.74, 6) is 0.171. The Balaban J connectivity index is 1.59. The molecule has 128 valence electrons. The standard InChI is InChI=1S/C18H20N6O/c1-12-14-5-6-15(21-17(14)23(2)22-12)13-4-3-9-24(11-13)18(25)16-10-19-7-8-20-16/h5-8,10,13H,3-4,9,11H2,1-2H3/t13-/m1/s1. The van der Waals surface area contributed by atoms with E-state index in [4.69, 9.17) is 4.98 Å². The number of amides is 1. The fourth-order valence-electron chi connectivity index (χ4n) is 3.52. The van der Waals surface area contributed by atoms with Crippen LogP contribution < -0.4 is 0 Å². The number of hydrogen-bond donors (Lipinski definition) is 0. The van der Waals surface area contributed by atoms with Gasteiger partial charge in [-0.2, -0.15) is 5.10 Å². The number of carbonyl (C=O) groups excluding carboxylic acids is 1. The van der Waals surface area contributed by atoms with E-state index in [-0.39, 0.29) is 11.8 Å². The molecule has 0 spiro atoms. The van der Waals surface area contributed by atoms with Gasteiger partial charge in [-0.1, -0.05) is 0 Å². The minimum absolute atomic E-state index is 0.0599. The molecule has 1 fully saturated rings. The predicted octanol–water partition coefficient (Wildman–Crippen LogP) is 2.09. The first-order chi connectivity index (χ1) is 12.1. The molecule has 1 saturated heterocycles. The van der Waals surface area contributed by atoms with Crippen molar-refractivity contribution in [1.82, 2.24) is 29.6 Å². The first-order valence-corrected chi connectivity index (χ1v) is 8.49. The SMILES string of the molecule is Cc1nn(C)c2nc([C@@H]3CCCN(C(=O)c4cnccn4)C3)ccc12. The van der Waals surface area contributed by atoms with Gasteiger partial charge in [-0.15, -0.1) is 0 Å². The molecule has 0 N–H and O–H groups in total. The molecule has 3 aromatic rings. The number of aromatic nitrogens is 5. The normalized spacial score (nSPS) is 17.8. The van der Waals surface area contributed by atoms with Gasteiger partial charge in [0.1, 0.15) is 5.69 Å². The molecule has 25 heavy (non-hydrogen) atoms. The zero-order valence-electron chi connectivity index (χ0n) is 14.4. The fourth-order valence-corrected chi connectivity index (χ4v) is 3.52. The van der Waals surface area contributed by atoms with Gasteiger partial charge in [-0.05, 0) is 31.9 Å². The van der Waals surface area contributed by atoms with E-state index >= 15 is 0 Å². The van der Waals surface area contributed by atoms with Crippen LogP contribution in [0.15, 0.2) is 30.7 Å². The van der Waals surface area contributed by atoms with Crippen LogP contribution in [0.5, 0.6) is 0 Å². The fraction of sp³-hybridized carbons (Fsp3) is 0.389. The van der Waals surface area contributed by atoms with Gasteiger partial charge in [0.15, 0.2) is 5.65 Å². The van der Waals surface area contributed by atoms with E-state index in [1.54, 1.807) is 12.4 Å². The Labute approximate surface area is 145 Å². The summed E-state index contributed by atoms with van der Waals surface area (Å²) in [5, 5.41) is 5.51. The van der Waals surface area contributed by atoms with Crippen LogP contribution in [-0.2, 0) is 7.05 Å². The van der Waals surface area contributed by atoms with Gasteiger partial charge in [-0.3, -0.25) is 14.5 Å². The highest BCUT2D eigenvalue weighted by atomic mass is 16.2. The molecule has 1 atom stereocenters. The Bertz CT molecular complexity index is 920. The molecule has 1 amide bonds. The summed E-state index contributed by atoms with van der Waals surface area (Å²) in [6.07, 6.45) is 6.63. The van der Waals surface area contributed by atoms with E-state index in [1.165, 1.54) is 6.20 Å². The van der Waals surface area contributed by atoms with E-state index in [9.17, 15) is 4.79 Å². The first-order valence-electron chi connectivity index (χ1n) is 8.49. The molecule has 7 nitrogen and oxygen atoms in total. The summed E-state index contributed by atoms with van der Waals surface area (Å²) < 4.78 is 1.82. The second-order valence-electron chi connectivity index (χ2n) is 6.50. The van der Waals surface area contributed by atoms with Crippen molar-refractivity contribution in [2.75, 3.05) is 13.1 Å². The van der Waals surface area contributed by atoms with Gasteiger partial charge in [0.2, 0.25) is 0 Å². The lowest BCUT2D eigenvalue weighted by Gasteiger charge is -2.32. The van der Waals surface area contributed by atoms with Gasteiger partial charge >= 0.3 is 0 Å². The second-order valence-corrected chi connectivity index (χ2v) is 6.50. The van der Waals surface area contributed by atoms with Crippen LogP contribution in [0.4, 0.5) is 0 Å². The molecule has 0 radical (unpaired) electrons. The third-order valence-electron chi connectivity index (χ3n) is 4.80. The summed E-state index contributed by atoms with van der Waals surface area (Å²) in [6.45, 7) is 3.40. The minimum atomic E-state index is -0.0599. The van der Waals surface area contributed by atoms with Gasteiger partial charge in [0.05, 0.1) is 11.9 Å². The largest absolute Gasteiger partial charge is 0.337 e. The molecule has 0 aromatic carbocycles. The molecule has 0 bridgehead atoms. The van der Waals surface area contributed by atoms with Crippen molar-refractivity contribution in [3.63, 3.8) is 0 Å². The predicted molar refractivity (Wildman–Crippen MR) is 93.2 cm³/mol. The zero-order chi connectivity index (χ0) is 17.4. The van der Waals surface area contributed by atoms with Gasteiger partial charge < -0.3 is 4.90 Å². The van der Waals surface area contributed by atoms with Crippen LogP contribution in [0, 0.1) is 6.92 Å². The van der Waals surface area contributed by atoms with Crippen LogP contribution in [0.25, 0.3) is 11.0 Å². The maximum Gasteiger partial charge on any atom is 0.274 e. The Kier molecular flexibility index (Phi) is 3.91. The molecule has 1 aliphatic rings. The number of likely N-dealkylation sites (tertiary alicyclic amines) is 1. The highest BCUT2D eigenvalue weighted by Crippen LogP contribution is 2.28. The Hall–Kier alpha value is -2.83. The Morgan fingerprint density at radius 2 is 2.16 bits per heavy atom. The lowest BCUT2D eigenvalue weighted by molar-refractivity contribution is 0.0699. The van der Waals surface area contributed by atoms with Crippen molar-refractivity contribution in [3.8, 4) is 0 Å². The number of piperidine rings is 1. The van der Waals surface area contributed by atoms with Gasteiger partial charge in [0, 0.05) is 49.5 Å². The van der Waals surface area contributed by atoms with Crippen molar-refractivity contribution in [2.24, 2.45) is 7.05 Å². The Morgan fingerprint density at radius 1 is 1.28 bits per heavy atom. The van der Waals surface area contributed by atoms with Crippen LogP contribution in [-0.4, -0.2) is 48.6 Å². The van der Waals surface area contributed by atoms with Crippen molar-refractivity contribution >= 4 is 16.9 Å². The molecule has 4 rings (SSSR count). The monoisotopic (exact) mass is 336 g/mol. The van der Waals surface area contributed by atoms with E-state index in [1.807, 2.05) is 23.6 Å². The number of hydrogen-bond acceptors (Lipinski definition) is 5. The molecule has 7 heteroatoms. The number of pyridine rings is 1. The van der Waals surface area contributed by atoms with Crippen LogP contribution in [0.3, 0.4) is 0 Å². The number of fused-ring (bicyclic) bond motifs is 1. The smallest absolute Gasteiger partial charge is 0.274 e. The number of carbonyl (C=O) groups is 1. The summed E-state index contributed by atoms with van der Waals surface area (Å²) in [7, 11) is 1.91. The summed E-state index contributed by atoms with van der Waals surface area (Å²) in [5.41, 5.74) is 3.30. The third-order valence-corrected chi connectivity index (χ3v) is 4.80. The zero-order valence-corrected chi connectivity index (χ0v) is 14.4. The van der Waals surface area contributed by atoms with Crippen molar-refractivity contribution in [1.29, 1.82) is 0 Å². The quantitative estimate of drug-likeness (QED) is 0.716. The molecular weight excluding hydrogens is 316 g/mol. The van der Waals surface area contributed by atoms with E-state index in [2.05, 4.69) is 27.2 Å². The molecular formula is C18H20N6O. The summed E-state index contributed by atoms with van der Waals surface area (Å²) >= 11 is 0. The molecule has 3 aromatic heterocycles. The van der Waals surface area contributed by atoms with E-state index in [0.717, 1.165) is 41.8 Å². The van der Waals surface area contributed by atoms with Crippen LogP contribution in [0.1, 0.15) is 40.6 Å². The number of rotatable bonds is 2. The molecule has 4 heterocycles. The number of aryl methyl sites for hydroxylation is 2. The lowest BCUT2D eigenvalue weighted by Crippen LogP contribution is -2.39. The molecule has 1 aliphatic heterocycles. The lowest BCUT2D eigenvalue weighted by atomic mass is 9.94. The van der Waals surface area contributed by atoms with E-state index < -0.39 is 0 Å². The highest BCUT2D eigenvalue weighted by molar-refractivity contribution is 5.92. The average molecular weight is 336 g/mol. The Morgan fingerprint density at radius 3 is 2.96 bits per heavy atom. The average Bonchev–Trinajstić information content (AvgIpc) is 2.95. The molecule has 0 saturated carbocycles. The van der Waals surface area contributed by atoms with Crippen LogP contribution >= 0.6 is 0 Å². The maximum absolute atomic E-state index is 12.6. The first kappa shape index (κ1) is 15.7. The van der Waals surface area contributed by atoms with Gasteiger partial charge in [0.25, 0.3) is 5.91 Å². The van der Waals surface area contributed by atoms with Crippen molar-refractivity contribution in [2.45, 2.75) is 25.7 Å². The second kappa shape index (κ2) is 6.23. The van der Waals surface area contributed by atoms with Gasteiger partial charge in [-0.25, -0.2) is 9.97 Å². The van der Waals surface area contributed by atoms with Crippen molar-refractivity contribution in [3.05, 3.63) is 47.8 Å². The van der Waals surface area contributed by atoms with Crippen molar-refractivity contribution < 1.29 is 4.79 Å². The van der Waals surface area contributed by atoms with E-state index in [0.29, 0.717) is 12.2 Å². The highest BCUT2D eigenvalue weighted by Gasteiger charge is 2.27. The molecule has 0 aliphatic carbocycles. The summed E-state index contributed by atoms with van der Waals surface area (Å²) in [4.78, 5) is 27.4. The topological polar surface area (TPSA) is 76.8 Å². The third kappa shape index (κ3) is 2.86. The maximum atomic E-state index is 12.6.